The SMILES string of the molecule is N=c1[nH]cccc1Cc1ccc(Cl)nc1. The average molecular weight is 220 g/mol. The van der Waals surface area contributed by atoms with Crippen LogP contribution in [-0.2, 0) is 6.42 Å². The number of nitrogens with one attached hydrogen (secondary N) is 2. The molecule has 2 rings (SSSR count). The van der Waals surface area contributed by atoms with Crippen molar-refractivity contribution < 1.29 is 0 Å². The van der Waals surface area contributed by atoms with Gasteiger partial charge < -0.3 is 4.98 Å². The second-order valence-corrected chi connectivity index (χ2v) is 3.62. The Labute approximate surface area is 92.3 Å². The summed E-state index contributed by atoms with van der Waals surface area (Å²) in [6.07, 6.45) is 4.17. The van der Waals surface area contributed by atoms with E-state index in [1.807, 2.05) is 18.2 Å². The van der Waals surface area contributed by atoms with Crippen molar-refractivity contribution in [3.05, 3.63) is 58.4 Å². The predicted molar refractivity (Wildman–Crippen MR) is 58.7 cm³/mol. The molecule has 2 heterocycles. The van der Waals surface area contributed by atoms with Crippen LogP contribution >= 0.6 is 11.6 Å². The highest BCUT2D eigenvalue weighted by Crippen LogP contribution is 2.08. The molecule has 76 valence electrons. The molecule has 0 bridgehead atoms. The lowest BCUT2D eigenvalue weighted by Crippen LogP contribution is -2.11. The normalized spacial score (nSPS) is 10.2. The third-order valence-electron chi connectivity index (χ3n) is 2.13. The van der Waals surface area contributed by atoms with E-state index in [-0.39, 0.29) is 0 Å². The van der Waals surface area contributed by atoms with Crippen LogP contribution in [0.1, 0.15) is 11.1 Å². The number of halogens is 1. The topological polar surface area (TPSA) is 52.5 Å². The Hall–Kier alpha value is -1.61. The summed E-state index contributed by atoms with van der Waals surface area (Å²) >= 11 is 5.69. The van der Waals surface area contributed by atoms with Crippen LogP contribution in [0.25, 0.3) is 0 Å². The van der Waals surface area contributed by atoms with E-state index in [1.54, 1.807) is 18.5 Å². The first-order valence-corrected chi connectivity index (χ1v) is 4.95. The van der Waals surface area contributed by atoms with Crippen LogP contribution in [0.15, 0.2) is 36.7 Å². The summed E-state index contributed by atoms with van der Waals surface area (Å²) in [7, 11) is 0. The molecule has 0 saturated heterocycles. The molecule has 0 aliphatic heterocycles. The molecule has 0 radical (unpaired) electrons. The fraction of sp³-hybridized carbons (Fsp3) is 0.0909. The third kappa shape index (κ3) is 2.44. The van der Waals surface area contributed by atoms with Crippen LogP contribution < -0.4 is 5.49 Å². The number of hydrogen-bond donors (Lipinski definition) is 2. The van der Waals surface area contributed by atoms with Gasteiger partial charge in [-0.3, -0.25) is 5.41 Å². The molecule has 0 aliphatic carbocycles. The molecule has 2 aromatic rings. The first kappa shape index (κ1) is 9.93. The van der Waals surface area contributed by atoms with Gasteiger partial charge in [-0.25, -0.2) is 4.98 Å². The van der Waals surface area contributed by atoms with Crippen molar-refractivity contribution in [3.8, 4) is 0 Å². The van der Waals surface area contributed by atoms with Crippen LogP contribution in [-0.4, -0.2) is 9.97 Å². The summed E-state index contributed by atoms with van der Waals surface area (Å²) in [6, 6.07) is 7.49. The van der Waals surface area contributed by atoms with Gasteiger partial charge in [-0.1, -0.05) is 23.7 Å². The Balaban J connectivity index is 2.26. The van der Waals surface area contributed by atoms with Crippen molar-refractivity contribution in [2.75, 3.05) is 0 Å². The number of nitrogens with zero attached hydrogens (tertiary/aromatic N) is 1. The van der Waals surface area contributed by atoms with Gasteiger partial charge >= 0.3 is 0 Å². The zero-order valence-electron chi connectivity index (χ0n) is 8.00. The molecular weight excluding hydrogens is 210 g/mol. The second-order valence-electron chi connectivity index (χ2n) is 3.24. The smallest absolute Gasteiger partial charge is 0.129 e. The number of rotatable bonds is 2. The lowest BCUT2D eigenvalue weighted by atomic mass is 10.1. The molecule has 0 aliphatic rings. The number of hydrogen-bond acceptors (Lipinski definition) is 2. The maximum absolute atomic E-state index is 7.66. The van der Waals surface area contributed by atoms with E-state index in [1.165, 1.54) is 0 Å². The molecule has 0 amide bonds. The molecular formula is C11H10ClN3. The van der Waals surface area contributed by atoms with Gasteiger partial charge in [0.25, 0.3) is 0 Å². The second kappa shape index (κ2) is 4.28. The van der Waals surface area contributed by atoms with Gasteiger partial charge in [0.2, 0.25) is 0 Å². The third-order valence-corrected chi connectivity index (χ3v) is 2.35. The van der Waals surface area contributed by atoms with Crippen molar-refractivity contribution in [1.29, 1.82) is 5.41 Å². The maximum Gasteiger partial charge on any atom is 0.129 e. The molecule has 2 aromatic heterocycles. The predicted octanol–water partition coefficient (Wildman–Crippen LogP) is 2.13. The van der Waals surface area contributed by atoms with E-state index in [4.69, 9.17) is 17.0 Å². The highest BCUT2D eigenvalue weighted by atomic mass is 35.5. The van der Waals surface area contributed by atoms with Crippen LogP contribution in [0.2, 0.25) is 5.15 Å². The van der Waals surface area contributed by atoms with Crippen LogP contribution in [0, 0.1) is 5.41 Å². The molecule has 0 fully saturated rings. The molecule has 2 N–H and O–H groups in total. The van der Waals surface area contributed by atoms with E-state index in [0.717, 1.165) is 11.1 Å². The Morgan fingerprint density at radius 3 is 2.87 bits per heavy atom. The van der Waals surface area contributed by atoms with Crippen molar-refractivity contribution >= 4 is 11.6 Å². The van der Waals surface area contributed by atoms with Gasteiger partial charge in [0.05, 0.1) is 0 Å². The summed E-state index contributed by atoms with van der Waals surface area (Å²) < 4.78 is 0. The maximum atomic E-state index is 7.66. The molecule has 0 spiro atoms. The Morgan fingerprint density at radius 1 is 1.33 bits per heavy atom. The zero-order valence-corrected chi connectivity index (χ0v) is 8.75. The van der Waals surface area contributed by atoms with Gasteiger partial charge in [0, 0.05) is 18.8 Å². The fourth-order valence-electron chi connectivity index (χ4n) is 1.35. The van der Waals surface area contributed by atoms with Crippen molar-refractivity contribution in [1.82, 2.24) is 9.97 Å². The summed E-state index contributed by atoms with van der Waals surface area (Å²) in [5.41, 5.74) is 2.43. The Bertz CT molecular complexity index is 502. The van der Waals surface area contributed by atoms with E-state index in [0.29, 0.717) is 17.1 Å². The highest BCUT2D eigenvalue weighted by molar-refractivity contribution is 6.29. The lowest BCUT2D eigenvalue weighted by Gasteiger charge is -2.01. The number of pyridine rings is 2. The van der Waals surface area contributed by atoms with Gasteiger partial charge in [-0.05, 0) is 23.3 Å². The largest absolute Gasteiger partial charge is 0.347 e. The Morgan fingerprint density at radius 2 is 2.20 bits per heavy atom. The van der Waals surface area contributed by atoms with Crippen molar-refractivity contribution in [3.63, 3.8) is 0 Å². The fourth-order valence-corrected chi connectivity index (χ4v) is 1.46. The van der Waals surface area contributed by atoms with E-state index >= 15 is 0 Å². The monoisotopic (exact) mass is 219 g/mol. The van der Waals surface area contributed by atoms with Crippen LogP contribution in [0.3, 0.4) is 0 Å². The first-order valence-electron chi connectivity index (χ1n) is 4.57. The minimum Gasteiger partial charge on any atom is -0.347 e. The summed E-state index contributed by atoms with van der Waals surface area (Å²) in [4.78, 5) is 6.85. The standard InChI is InChI=1S/C11H10ClN3/c12-10-4-3-8(7-15-10)6-9-2-1-5-14-11(9)13/h1-5,7H,6H2,(H2,13,14). The molecule has 3 nitrogen and oxygen atoms in total. The van der Waals surface area contributed by atoms with E-state index < -0.39 is 0 Å². The van der Waals surface area contributed by atoms with Gasteiger partial charge in [-0.15, -0.1) is 0 Å². The summed E-state index contributed by atoms with van der Waals surface area (Å²) in [6.45, 7) is 0. The van der Waals surface area contributed by atoms with E-state index in [9.17, 15) is 0 Å². The molecule has 0 unspecified atom stereocenters. The van der Waals surface area contributed by atoms with Crippen molar-refractivity contribution in [2.24, 2.45) is 0 Å². The number of H-pyrrole nitrogens is 1. The summed E-state index contributed by atoms with van der Waals surface area (Å²) in [5, 5.41) is 8.15. The lowest BCUT2D eigenvalue weighted by molar-refractivity contribution is 1.01. The minimum atomic E-state index is 0.437. The molecule has 15 heavy (non-hydrogen) atoms. The average Bonchev–Trinajstić information content (AvgIpc) is 2.25. The zero-order chi connectivity index (χ0) is 10.7. The first-order chi connectivity index (χ1) is 7.25. The quantitative estimate of drug-likeness (QED) is 0.747. The molecule has 0 saturated carbocycles. The minimum absolute atomic E-state index is 0.437. The summed E-state index contributed by atoms with van der Waals surface area (Å²) in [5.74, 6) is 0. The number of aromatic amines is 1. The van der Waals surface area contributed by atoms with Gasteiger partial charge in [0.15, 0.2) is 0 Å². The molecule has 4 heteroatoms. The number of aromatic nitrogens is 2. The Kier molecular flexibility index (Phi) is 2.83. The van der Waals surface area contributed by atoms with Gasteiger partial charge in [-0.2, -0.15) is 0 Å². The van der Waals surface area contributed by atoms with Crippen LogP contribution in [0.4, 0.5) is 0 Å². The van der Waals surface area contributed by atoms with Crippen molar-refractivity contribution in [2.45, 2.75) is 6.42 Å². The highest BCUT2D eigenvalue weighted by Gasteiger charge is 1.98. The van der Waals surface area contributed by atoms with E-state index in [2.05, 4.69) is 9.97 Å². The molecule has 0 aromatic carbocycles. The van der Waals surface area contributed by atoms with Gasteiger partial charge in [0.1, 0.15) is 10.6 Å². The molecule has 0 atom stereocenters. The van der Waals surface area contributed by atoms with Crippen LogP contribution in [0.5, 0.6) is 0 Å².